The maximum absolute atomic E-state index is 12.1. The lowest BCUT2D eigenvalue weighted by molar-refractivity contribution is 0.103. The summed E-state index contributed by atoms with van der Waals surface area (Å²) >= 11 is 0. The minimum absolute atomic E-state index is 0.0913. The summed E-state index contributed by atoms with van der Waals surface area (Å²) < 4.78 is 0. The normalized spacial score (nSPS) is 9.42. The first-order chi connectivity index (χ1) is 9.31. The maximum Gasteiger partial charge on any atom is 0.193 e. The molecular weight excluding hydrogens is 232 g/mol. The topological polar surface area (TPSA) is 17.1 Å². The molecule has 1 nitrogen and oxygen atoms in total. The van der Waals surface area contributed by atoms with E-state index in [2.05, 4.69) is 6.92 Å². The fourth-order valence-corrected chi connectivity index (χ4v) is 1.87. The first-order valence-corrected chi connectivity index (χ1v) is 7.00. The van der Waals surface area contributed by atoms with Crippen molar-refractivity contribution >= 4 is 5.78 Å². The Kier molecular flexibility index (Phi) is 6.59. The lowest BCUT2D eigenvalue weighted by Crippen LogP contribution is -2.00. The van der Waals surface area contributed by atoms with E-state index in [1.165, 1.54) is 5.56 Å². The van der Waals surface area contributed by atoms with Gasteiger partial charge >= 0.3 is 0 Å². The second kappa shape index (κ2) is 8.25. The molecule has 0 saturated carbocycles. The number of benzene rings is 2. The molecule has 2 rings (SSSR count). The fourth-order valence-electron chi connectivity index (χ4n) is 1.87. The van der Waals surface area contributed by atoms with Crippen LogP contribution in [0.4, 0.5) is 0 Å². The summed E-state index contributed by atoms with van der Waals surface area (Å²) in [6.45, 7) is 6.16. The number of rotatable bonds is 4. The Labute approximate surface area is 116 Å². The van der Waals surface area contributed by atoms with E-state index in [0.717, 1.165) is 24.0 Å². The third-order valence-electron chi connectivity index (χ3n) is 2.79. The second-order valence-electron chi connectivity index (χ2n) is 4.14. The van der Waals surface area contributed by atoms with Gasteiger partial charge in [-0.15, -0.1) is 0 Å². The van der Waals surface area contributed by atoms with Crippen LogP contribution in [0.15, 0.2) is 54.6 Å². The first kappa shape index (κ1) is 15.2. The van der Waals surface area contributed by atoms with Gasteiger partial charge in [-0.2, -0.15) is 0 Å². The molecule has 19 heavy (non-hydrogen) atoms. The van der Waals surface area contributed by atoms with Crippen LogP contribution in [0.1, 0.15) is 48.7 Å². The van der Waals surface area contributed by atoms with Gasteiger partial charge in [-0.25, -0.2) is 0 Å². The Bertz CT molecular complexity index is 483. The van der Waals surface area contributed by atoms with E-state index in [1.54, 1.807) is 0 Å². The number of carbonyl (C=O) groups is 1. The summed E-state index contributed by atoms with van der Waals surface area (Å²) in [7, 11) is 0. The quantitative estimate of drug-likeness (QED) is 0.709. The van der Waals surface area contributed by atoms with Crippen LogP contribution < -0.4 is 0 Å². The van der Waals surface area contributed by atoms with Crippen molar-refractivity contribution in [1.29, 1.82) is 0 Å². The molecule has 2 aromatic rings. The van der Waals surface area contributed by atoms with E-state index in [4.69, 9.17) is 0 Å². The van der Waals surface area contributed by atoms with Crippen molar-refractivity contribution in [3.63, 3.8) is 0 Å². The highest BCUT2D eigenvalue weighted by Crippen LogP contribution is 2.11. The van der Waals surface area contributed by atoms with Crippen molar-refractivity contribution in [3.05, 3.63) is 71.3 Å². The highest BCUT2D eigenvalue weighted by Gasteiger charge is 2.07. The summed E-state index contributed by atoms with van der Waals surface area (Å²) in [4.78, 5) is 12.1. The zero-order valence-corrected chi connectivity index (χ0v) is 12.0. The summed E-state index contributed by atoms with van der Waals surface area (Å²) in [5.41, 5.74) is 2.80. The molecule has 0 amide bonds. The Morgan fingerprint density at radius 2 is 1.37 bits per heavy atom. The molecule has 0 atom stereocenters. The van der Waals surface area contributed by atoms with Crippen LogP contribution in [-0.4, -0.2) is 5.78 Å². The van der Waals surface area contributed by atoms with Gasteiger partial charge in [0.1, 0.15) is 0 Å². The summed E-state index contributed by atoms with van der Waals surface area (Å²) in [5, 5.41) is 0. The van der Waals surface area contributed by atoms with Gasteiger partial charge in [-0.3, -0.25) is 4.79 Å². The Morgan fingerprint density at radius 1 is 0.842 bits per heavy atom. The SMILES string of the molecule is CC.CCCc1ccc(C(=O)c2ccccc2)cc1. The van der Waals surface area contributed by atoms with E-state index in [9.17, 15) is 4.79 Å². The van der Waals surface area contributed by atoms with Gasteiger partial charge in [-0.05, 0) is 12.0 Å². The van der Waals surface area contributed by atoms with Gasteiger partial charge in [-0.1, -0.05) is 81.8 Å². The molecule has 0 aliphatic heterocycles. The smallest absolute Gasteiger partial charge is 0.193 e. The van der Waals surface area contributed by atoms with Crippen LogP contribution in [0.25, 0.3) is 0 Å². The number of carbonyl (C=O) groups excluding carboxylic acids is 1. The molecule has 0 aromatic heterocycles. The summed E-state index contributed by atoms with van der Waals surface area (Å²) in [5.74, 6) is 0.0913. The molecule has 0 heterocycles. The van der Waals surface area contributed by atoms with Gasteiger partial charge in [0, 0.05) is 11.1 Å². The molecule has 0 spiro atoms. The number of hydrogen-bond donors (Lipinski definition) is 0. The molecule has 0 radical (unpaired) electrons. The molecule has 0 unspecified atom stereocenters. The van der Waals surface area contributed by atoms with E-state index in [0.29, 0.717) is 0 Å². The van der Waals surface area contributed by atoms with Gasteiger partial charge < -0.3 is 0 Å². The highest BCUT2D eigenvalue weighted by atomic mass is 16.1. The average molecular weight is 254 g/mol. The first-order valence-electron chi connectivity index (χ1n) is 7.00. The third kappa shape index (κ3) is 4.36. The van der Waals surface area contributed by atoms with Gasteiger partial charge in [0.25, 0.3) is 0 Å². The van der Waals surface area contributed by atoms with Crippen LogP contribution in [0.3, 0.4) is 0 Å². The molecule has 0 saturated heterocycles. The fraction of sp³-hybridized carbons (Fsp3) is 0.278. The standard InChI is InChI=1S/C16H16O.C2H6/c1-2-6-13-9-11-15(12-10-13)16(17)14-7-4-3-5-8-14;1-2/h3-5,7-12H,2,6H2,1H3;1-2H3. The third-order valence-corrected chi connectivity index (χ3v) is 2.79. The molecule has 0 N–H and O–H groups in total. The molecule has 1 heteroatoms. The van der Waals surface area contributed by atoms with Crippen LogP contribution in [0.2, 0.25) is 0 Å². The Balaban J connectivity index is 0.000000861. The zero-order valence-electron chi connectivity index (χ0n) is 12.0. The van der Waals surface area contributed by atoms with Crippen LogP contribution in [0.5, 0.6) is 0 Å². The lowest BCUT2D eigenvalue weighted by atomic mass is 10.0. The van der Waals surface area contributed by atoms with E-state index in [-0.39, 0.29) is 5.78 Å². The molecular formula is C18H22O. The molecule has 2 aromatic carbocycles. The minimum atomic E-state index is 0.0913. The van der Waals surface area contributed by atoms with Crippen molar-refractivity contribution in [3.8, 4) is 0 Å². The minimum Gasteiger partial charge on any atom is -0.289 e. The van der Waals surface area contributed by atoms with Crippen LogP contribution in [0, 0.1) is 0 Å². The molecule has 0 aliphatic rings. The molecule has 100 valence electrons. The largest absolute Gasteiger partial charge is 0.289 e. The number of aryl methyl sites for hydroxylation is 1. The van der Waals surface area contributed by atoms with Gasteiger partial charge in [0.05, 0.1) is 0 Å². The summed E-state index contributed by atoms with van der Waals surface area (Å²) in [6.07, 6.45) is 2.20. The second-order valence-corrected chi connectivity index (χ2v) is 4.14. The van der Waals surface area contributed by atoms with E-state index >= 15 is 0 Å². The molecule has 0 bridgehead atoms. The van der Waals surface area contributed by atoms with E-state index < -0.39 is 0 Å². The summed E-state index contributed by atoms with van der Waals surface area (Å²) in [6, 6.07) is 17.3. The van der Waals surface area contributed by atoms with Gasteiger partial charge in [0.2, 0.25) is 0 Å². The van der Waals surface area contributed by atoms with Crippen molar-refractivity contribution in [2.45, 2.75) is 33.6 Å². The Morgan fingerprint density at radius 3 is 1.89 bits per heavy atom. The maximum atomic E-state index is 12.1. The number of hydrogen-bond acceptors (Lipinski definition) is 1. The number of ketones is 1. The van der Waals surface area contributed by atoms with Crippen molar-refractivity contribution in [2.75, 3.05) is 0 Å². The zero-order chi connectivity index (χ0) is 14.1. The molecule has 0 fully saturated rings. The van der Waals surface area contributed by atoms with Crippen LogP contribution >= 0.6 is 0 Å². The average Bonchev–Trinajstić information content (AvgIpc) is 2.51. The van der Waals surface area contributed by atoms with Gasteiger partial charge in [0.15, 0.2) is 5.78 Å². The Hall–Kier alpha value is -1.89. The predicted octanol–water partition coefficient (Wildman–Crippen LogP) is 4.90. The van der Waals surface area contributed by atoms with E-state index in [1.807, 2.05) is 68.4 Å². The van der Waals surface area contributed by atoms with Crippen molar-refractivity contribution in [1.82, 2.24) is 0 Å². The van der Waals surface area contributed by atoms with Crippen molar-refractivity contribution < 1.29 is 4.79 Å². The van der Waals surface area contributed by atoms with Crippen LogP contribution in [-0.2, 0) is 6.42 Å². The highest BCUT2D eigenvalue weighted by molar-refractivity contribution is 6.08. The van der Waals surface area contributed by atoms with Crippen molar-refractivity contribution in [2.24, 2.45) is 0 Å². The monoisotopic (exact) mass is 254 g/mol. The predicted molar refractivity (Wildman–Crippen MR) is 81.7 cm³/mol. The lowest BCUT2D eigenvalue weighted by Gasteiger charge is -2.03. The molecule has 0 aliphatic carbocycles.